The summed E-state index contributed by atoms with van der Waals surface area (Å²) in [5.74, 6) is -0.181. The fourth-order valence-corrected chi connectivity index (χ4v) is 4.87. The van der Waals surface area contributed by atoms with Crippen LogP contribution in [0, 0.1) is 5.92 Å². The van der Waals surface area contributed by atoms with E-state index in [1.165, 1.54) is 23.5 Å². The third-order valence-corrected chi connectivity index (χ3v) is 7.25. The number of nitrogens with one attached hydrogen (secondary N) is 2. The van der Waals surface area contributed by atoms with Gasteiger partial charge < -0.3 is 10.6 Å². The number of likely N-dealkylation sites (tertiary alicyclic amines) is 1. The molecule has 1 aliphatic heterocycles. The number of anilines is 2. The molecule has 8 nitrogen and oxygen atoms in total. The van der Waals surface area contributed by atoms with E-state index in [0.717, 1.165) is 0 Å². The number of rotatable bonds is 7. The van der Waals surface area contributed by atoms with Gasteiger partial charge in [0.2, 0.25) is 11.8 Å². The quantitative estimate of drug-likeness (QED) is 0.680. The Bertz CT molecular complexity index is 1020. The second-order valence-electron chi connectivity index (χ2n) is 7.55. The van der Waals surface area contributed by atoms with Gasteiger partial charge in [0.1, 0.15) is 0 Å². The molecule has 0 aliphatic carbocycles. The lowest BCUT2D eigenvalue weighted by atomic mass is 9.96. The van der Waals surface area contributed by atoms with Crippen LogP contribution in [0.4, 0.5) is 11.4 Å². The molecular weight excluding hydrogens is 416 g/mol. The smallest absolute Gasteiger partial charge is 0.264 e. The molecule has 0 spiro atoms. The van der Waals surface area contributed by atoms with Gasteiger partial charge in [0.25, 0.3) is 10.0 Å². The zero-order valence-electron chi connectivity index (χ0n) is 17.7. The molecule has 1 fully saturated rings. The number of hydrogen-bond acceptors (Lipinski definition) is 5. The van der Waals surface area contributed by atoms with Crippen LogP contribution in [0.2, 0.25) is 0 Å². The lowest BCUT2D eigenvalue weighted by Crippen LogP contribution is -2.42. The standard InChI is InChI=1S/C22H28N4O4S/c1-23-22(28)17-11-13-26(14-12-17)16-21(27)24-18-7-6-10-20(15-18)31(29,30)25(2)19-8-4-3-5-9-19/h3-10,15,17H,11-14,16H2,1-2H3,(H,23,28)(H,24,27). The number of amides is 2. The Morgan fingerprint density at radius 2 is 1.74 bits per heavy atom. The van der Waals surface area contributed by atoms with Crippen molar-refractivity contribution in [2.75, 3.05) is 43.4 Å². The number of piperidine rings is 1. The summed E-state index contributed by atoms with van der Waals surface area (Å²) in [7, 11) is -0.629. The minimum Gasteiger partial charge on any atom is -0.359 e. The van der Waals surface area contributed by atoms with Crippen LogP contribution in [0.15, 0.2) is 59.5 Å². The van der Waals surface area contributed by atoms with Crippen LogP contribution in [-0.2, 0) is 19.6 Å². The molecule has 0 unspecified atom stereocenters. The highest BCUT2D eigenvalue weighted by atomic mass is 32.2. The van der Waals surface area contributed by atoms with Crippen molar-refractivity contribution in [3.8, 4) is 0 Å². The first-order chi connectivity index (χ1) is 14.8. The number of hydrogen-bond donors (Lipinski definition) is 2. The van der Waals surface area contributed by atoms with E-state index in [1.807, 2.05) is 11.0 Å². The Balaban J connectivity index is 1.62. The summed E-state index contributed by atoms with van der Waals surface area (Å²) >= 11 is 0. The predicted molar refractivity (Wildman–Crippen MR) is 120 cm³/mol. The van der Waals surface area contributed by atoms with Crippen molar-refractivity contribution in [3.63, 3.8) is 0 Å². The van der Waals surface area contributed by atoms with Crippen LogP contribution in [0.5, 0.6) is 0 Å². The number of carbonyl (C=O) groups excluding carboxylic acids is 2. The normalized spacial score (nSPS) is 15.3. The van der Waals surface area contributed by atoms with E-state index in [-0.39, 0.29) is 29.2 Å². The molecule has 3 rings (SSSR count). The first kappa shape index (κ1) is 22.8. The highest BCUT2D eigenvalue weighted by Gasteiger charge is 2.25. The van der Waals surface area contributed by atoms with Crippen LogP contribution in [0.1, 0.15) is 12.8 Å². The average molecular weight is 445 g/mol. The second kappa shape index (κ2) is 9.93. The van der Waals surface area contributed by atoms with Gasteiger partial charge in [-0.25, -0.2) is 8.42 Å². The molecule has 1 saturated heterocycles. The maximum absolute atomic E-state index is 13.0. The van der Waals surface area contributed by atoms with Gasteiger partial charge >= 0.3 is 0 Å². The minimum atomic E-state index is -3.76. The van der Waals surface area contributed by atoms with Gasteiger partial charge in [0.15, 0.2) is 0 Å². The van der Waals surface area contributed by atoms with Gasteiger partial charge in [-0.05, 0) is 56.3 Å². The molecule has 9 heteroatoms. The molecule has 31 heavy (non-hydrogen) atoms. The van der Waals surface area contributed by atoms with Crippen LogP contribution in [0.3, 0.4) is 0 Å². The van der Waals surface area contributed by atoms with Crippen LogP contribution in [-0.4, -0.2) is 58.9 Å². The maximum atomic E-state index is 13.0. The van der Waals surface area contributed by atoms with Crippen molar-refractivity contribution in [3.05, 3.63) is 54.6 Å². The zero-order chi connectivity index (χ0) is 22.4. The molecule has 2 aromatic rings. The lowest BCUT2D eigenvalue weighted by Gasteiger charge is -2.30. The number of para-hydroxylation sites is 1. The van der Waals surface area contributed by atoms with Crippen molar-refractivity contribution < 1.29 is 18.0 Å². The number of sulfonamides is 1. The summed E-state index contributed by atoms with van der Waals surface area (Å²) < 4.78 is 27.2. The van der Waals surface area contributed by atoms with E-state index in [0.29, 0.717) is 37.3 Å². The van der Waals surface area contributed by atoms with Gasteiger partial charge in [0.05, 0.1) is 17.1 Å². The molecule has 166 valence electrons. The van der Waals surface area contributed by atoms with Crippen LogP contribution < -0.4 is 14.9 Å². The first-order valence-electron chi connectivity index (χ1n) is 10.2. The Kier molecular flexibility index (Phi) is 7.29. The summed E-state index contributed by atoms with van der Waals surface area (Å²) in [5, 5.41) is 5.45. The van der Waals surface area contributed by atoms with Crippen molar-refractivity contribution in [2.45, 2.75) is 17.7 Å². The zero-order valence-corrected chi connectivity index (χ0v) is 18.6. The second-order valence-corrected chi connectivity index (χ2v) is 9.52. The monoisotopic (exact) mass is 444 g/mol. The van der Waals surface area contributed by atoms with Gasteiger partial charge in [-0.15, -0.1) is 0 Å². The van der Waals surface area contributed by atoms with Crippen LogP contribution >= 0.6 is 0 Å². The summed E-state index contributed by atoms with van der Waals surface area (Å²) in [6, 6.07) is 15.0. The summed E-state index contributed by atoms with van der Waals surface area (Å²) in [5.41, 5.74) is 0.977. The molecule has 0 aromatic heterocycles. The summed E-state index contributed by atoms with van der Waals surface area (Å²) in [4.78, 5) is 26.3. The topological polar surface area (TPSA) is 98.8 Å². The Labute approximate surface area is 183 Å². The average Bonchev–Trinajstić information content (AvgIpc) is 2.79. The molecule has 2 amide bonds. The largest absolute Gasteiger partial charge is 0.359 e. The Morgan fingerprint density at radius 1 is 1.06 bits per heavy atom. The van der Waals surface area contributed by atoms with Crippen molar-refractivity contribution >= 4 is 33.2 Å². The highest BCUT2D eigenvalue weighted by molar-refractivity contribution is 7.92. The SMILES string of the molecule is CNC(=O)C1CCN(CC(=O)Nc2cccc(S(=O)(=O)N(C)c3ccccc3)c2)CC1. The third-order valence-electron chi connectivity index (χ3n) is 5.47. The van der Waals surface area contributed by atoms with E-state index < -0.39 is 10.0 Å². The van der Waals surface area contributed by atoms with Gasteiger partial charge in [-0.2, -0.15) is 0 Å². The van der Waals surface area contributed by atoms with E-state index in [4.69, 9.17) is 0 Å². The van der Waals surface area contributed by atoms with Crippen molar-refractivity contribution in [1.29, 1.82) is 0 Å². The molecule has 2 N–H and O–H groups in total. The summed E-state index contributed by atoms with van der Waals surface area (Å²) in [6.45, 7) is 1.53. The van der Waals surface area contributed by atoms with E-state index in [9.17, 15) is 18.0 Å². The van der Waals surface area contributed by atoms with Crippen molar-refractivity contribution in [2.24, 2.45) is 5.92 Å². The van der Waals surface area contributed by atoms with E-state index in [1.54, 1.807) is 43.4 Å². The summed E-state index contributed by atoms with van der Waals surface area (Å²) in [6.07, 6.45) is 1.43. The molecule has 2 aromatic carbocycles. The maximum Gasteiger partial charge on any atom is 0.264 e. The Hall–Kier alpha value is -2.91. The fraction of sp³-hybridized carbons (Fsp3) is 0.364. The lowest BCUT2D eigenvalue weighted by molar-refractivity contribution is -0.126. The number of carbonyl (C=O) groups is 2. The van der Waals surface area contributed by atoms with E-state index in [2.05, 4.69) is 10.6 Å². The minimum absolute atomic E-state index is 0.00666. The predicted octanol–water partition coefficient (Wildman–Crippen LogP) is 1.91. The first-order valence-corrected chi connectivity index (χ1v) is 11.6. The molecule has 1 heterocycles. The number of nitrogens with zero attached hydrogens (tertiary/aromatic N) is 2. The Morgan fingerprint density at radius 3 is 2.39 bits per heavy atom. The van der Waals surface area contributed by atoms with Gasteiger partial charge in [0, 0.05) is 25.7 Å². The molecule has 0 radical (unpaired) electrons. The molecule has 0 atom stereocenters. The molecule has 0 bridgehead atoms. The van der Waals surface area contributed by atoms with Crippen LogP contribution in [0.25, 0.3) is 0 Å². The van der Waals surface area contributed by atoms with Gasteiger partial charge in [-0.1, -0.05) is 24.3 Å². The fourth-order valence-electron chi connectivity index (χ4n) is 3.63. The van der Waals surface area contributed by atoms with Gasteiger partial charge in [-0.3, -0.25) is 18.8 Å². The molecule has 1 aliphatic rings. The van der Waals surface area contributed by atoms with Crippen molar-refractivity contribution in [1.82, 2.24) is 10.2 Å². The van der Waals surface area contributed by atoms with E-state index >= 15 is 0 Å². The number of benzene rings is 2. The highest BCUT2D eigenvalue weighted by Crippen LogP contribution is 2.24. The third kappa shape index (κ3) is 5.62. The molecular formula is C22H28N4O4S. The molecule has 0 saturated carbocycles.